The van der Waals surface area contributed by atoms with Crippen LogP contribution in [-0.4, -0.2) is 70.6 Å². The van der Waals surface area contributed by atoms with Gasteiger partial charge in [-0.3, -0.25) is 0 Å². The highest BCUT2D eigenvalue weighted by Gasteiger charge is 2.50. The lowest BCUT2D eigenvalue weighted by Gasteiger charge is -2.49. The lowest BCUT2D eigenvalue weighted by Crippen LogP contribution is -2.60. The van der Waals surface area contributed by atoms with E-state index in [-0.39, 0.29) is 42.7 Å². The third kappa shape index (κ3) is 6.83. The lowest BCUT2D eigenvalue weighted by atomic mass is 9.74. The minimum Gasteiger partial charge on any atom is -0.388 e. The molecule has 0 aromatic heterocycles. The summed E-state index contributed by atoms with van der Waals surface area (Å²) in [6.07, 6.45) is 4.05. The zero-order valence-corrected chi connectivity index (χ0v) is 23.8. The van der Waals surface area contributed by atoms with Gasteiger partial charge in [-0.1, -0.05) is 60.8 Å². The Morgan fingerprint density at radius 3 is 2.31 bits per heavy atom. The Balaban J connectivity index is 1.75. The Hall–Kier alpha value is -0.280. The van der Waals surface area contributed by atoms with Gasteiger partial charge in [-0.15, -0.1) is 0 Å². The molecule has 0 aromatic rings. The van der Waals surface area contributed by atoms with E-state index in [1.807, 2.05) is 6.92 Å². The predicted octanol–water partition coefficient (Wildman–Crippen LogP) is 4.65. The average molecular weight is 515 g/mol. The van der Waals surface area contributed by atoms with Crippen LogP contribution in [0.15, 0.2) is 0 Å². The molecule has 36 heavy (non-hydrogen) atoms. The molecule has 2 aliphatic heterocycles. The number of hydrogen-bond acceptors (Lipinski definition) is 7. The van der Waals surface area contributed by atoms with Gasteiger partial charge in [-0.2, -0.15) is 0 Å². The second kappa shape index (κ2) is 13.2. The maximum absolute atomic E-state index is 11.7. The van der Waals surface area contributed by atoms with Crippen molar-refractivity contribution >= 4 is 0 Å². The topological polar surface area (TPSA) is 97.6 Å². The van der Waals surface area contributed by atoms with E-state index in [0.29, 0.717) is 12.3 Å². The highest BCUT2D eigenvalue weighted by Crippen LogP contribution is 2.41. The van der Waals surface area contributed by atoms with E-state index in [4.69, 9.17) is 18.9 Å². The molecule has 7 nitrogen and oxygen atoms in total. The maximum atomic E-state index is 11.7. The van der Waals surface area contributed by atoms with Crippen molar-refractivity contribution in [1.29, 1.82) is 0 Å². The third-order valence-corrected chi connectivity index (χ3v) is 9.31. The Kier molecular flexibility index (Phi) is 11.1. The summed E-state index contributed by atoms with van der Waals surface area (Å²) in [5, 5.41) is 33.3. The van der Waals surface area contributed by atoms with Crippen LogP contribution >= 0.6 is 0 Å². The van der Waals surface area contributed by atoms with Crippen LogP contribution in [-0.2, 0) is 18.9 Å². The van der Waals surface area contributed by atoms with Crippen LogP contribution in [0.3, 0.4) is 0 Å². The van der Waals surface area contributed by atoms with Crippen molar-refractivity contribution in [3.8, 4) is 0 Å². The monoisotopic (exact) mass is 514 g/mol. The van der Waals surface area contributed by atoms with Gasteiger partial charge in [0.25, 0.3) is 0 Å². The normalized spacial score (nSPS) is 47.0. The third-order valence-electron chi connectivity index (χ3n) is 9.31. The Morgan fingerprint density at radius 2 is 1.67 bits per heavy atom. The molecule has 2 heterocycles. The second-order valence-corrected chi connectivity index (χ2v) is 12.3. The zero-order valence-electron chi connectivity index (χ0n) is 23.8. The molecule has 3 N–H and O–H groups in total. The smallest absolute Gasteiger partial charge is 0.184 e. The van der Waals surface area contributed by atoms with Crippen molar-refractivity contribution in [3.63, 3.8) is 0 Å². The van der Waals surface area contributed by atoms with E-state index in [0.717, 1.165) is 44.9 Å². The van der Waals surface area contributed by atoms with Gasteiger partial charge in [-0.25, -0.2) is 0 Å². The fourth-order valence-electron chi connectivity index (χ4n) is 6.61. The minimum atomic E-state index is -1.11. The molecule has 0 spiro atoms. The molecule has 0 bridgehead atoms. The van der Waals surface area contributed by atoms with Crippen LogP contribution in [0.5, 0.6) is 0 Å². The molecule has 3 rings (SSSR count). The molecule has 1 saturated carbocycles. The molecule has 5 unspecified atom stereocenters. The first-order valence-electron chi connectivity index (χ1n) is 14.7. The van der Waals surface area contributed by atoms with Gasteiger partial charge < -0.3 is 34.3 Å². The van der Waals surface area contributed by atoms with Crippen LogP contribution < -0.4 is 0 Å². The first kappa shape index (κ1) is 30.3. The van der Waals surface area contributed by atoms with E-state index in [2.05, 4.69) is 34.6 Å². The fraction of sp³-hybridized carbons (Fsp3) is 1.00. The SMILES string of the molecule is CCCC[C@H]1C[C@@H](C)C(OC2OC[C@](C)(O)[C@H](CC)[C@H]2O)[C@@H](O)C1OC1O[C@H](C(C)CC)CC[C@H]1C. The van der Waals surface area contributed by atoms with Gasteiger partial charge in [-0.05, 0) is 56.8 Å². The van der Waals surface area contributed by atoms with Gasteiger partial charge in [0.05, 0.1) is 30.5 Å². The summed E-state index contributed by atoms with van der Waals surface area (Å²) in [6, 6.07) is 0. The highest BCUT2D eigenvalue weighted by atomic mass is 16.7. The van der Waals surface area contributed by atoms with E-state index in [9.17, 15) is 15.3 Å². The van der Waals surface area contributed by atoms with E-state index in [1.54, 1.807) is 6.92 Å². The average Bonchev–Trinajstić information content (AvgIpc) is 2.84. The highest BCUT2D eigenvalue weighted by molar-refractivity contribution is 4.96. The number of ether oxygens (including phenoxy) is 4. The molecule has 0 radical (unpaired) electrons. The summed E-state index contributed by atoms with van der Waals surface area (Å²) < 4.78 is 25.2. The van der Waals surface area contributed by atoms with Crippen molar-refractivity contribution in [2.24, 2.45) is 29.6 Å². The summed E-state index contributed by atoms with van der Waals surface area (Å²) in [7, 11) is 0. The van der Waals surface area contributed by atoms with Gasteiger partial charge >= 0.3 is 0 Å². The van der Waals surface area contributed by atoms with Crippen molar-refractivity contribution in [2.45, 2.75) is 149 Å². The van der Waals surface area contributed by atoms with Crippen molar-refractivity contribution in [2.75, 3.05) is 6.61 Å². The summed E-state index contributed by atoms with van der Waals surface area (Å²) in [6.45, 7) is 14.6. The maximum Gasteiger partial charge on any atom is 0.184 e. The molecule has 3 fully saturated rings. The number of rotatable bonds is 10. The summed E-state index contributed by atoms with van der Waals surface area (Å²) in [5.41, 5.74) is -1.11. The molecule has 212 valence electrons. The molecule has 13 atom stereocenters. The van der Waals surface area contributed by atoms with Crippen molar-refractivity contribution in [3.05, 3.63) is 0 Å². The van der Waals surface area contributed by atoms with Crippen LogP contribution in [0, 0.1) is 29.6 Å². The largest absolute Gasteiger partial charge is 0.388 e. The van der Waals surface area contributed by atoms with Crippen LogP contribution in [0.4, 0.5) is 0 Å². The van der Waals surface area contributed by atoms with E-state index in [1.165, 1.54) is 0 Å². The van der Waals surface area contributed by atoms with Gasteiger partial charge in [0.15, 0.2) is 12.6 Å². The molecule has 2 saturated heterocycles. The molecule has 0 amide bonds. The number of aliphatic hydroxyl groups excluding tert-OH is 2. The first-order chi connectivity index (χ1) is 17.0. The lowest BCUT2D eigenvalue weighted by molar-refractivity contribution is -0.325. The summed E-state index contributed by atoms with van der Waals surface area (Å²) in [5.74, 6) is 0.679. The number of unbranched alkanes of at least 4 members (excludes halogenated alkanes) is 1. The molecule has 1 aliphatic carbocycles. The minimum absolute atomic E-state index is 0.0811. The van der Waals surface area contributed by atoms with Gasteiger partial charge in [0, 0.05) is 11.8 Å². The van der Waals surface area contributed by atoms with E-state index >= 15 is 0 Å². The van der Waals surface area contributed by atoms with Crippen molar-refractivity contribution in [1.82, 2.24) is 0 Å². The number of aliphatic hydroxyl groups is 3. The predicted molar refractivity (Wildman–Crippen MR) is 139 cm³/mol. The zero-order chi connectivity index (χ0) is 26.6. The quantitative estimate of drug-likeness (QED) is 0.390. The molecular weight excluding hydrogens is 460 g/mol. The Morgan fingerprint density at radius 1 is 0.972 bits per heavy atom. The Labute approximate surface area is 219 Å². The standard InChI is InChI=1S/C29H54O7/c1-8-11-12-20-15-19(6)25(35-28-23(30)21(10-3)29(7,32)16-33-28)24(31)26(20)36-27-18(5)13-14-22(34-27)17(4)9-2/h17-28,30-32H,8-16H2,1-7H3/t17?,18-,19-,20+,21-,22+,23-,24-,25?,26?,27?,28?,29+/m1/s1. The molecule has 0 aromatic carbocycles. The van der Waals surface area contributed by atoms with Crippen LogP contribution in [0.2, 0.25) is 0 Å². The fourth-order valence-corrected chi connectivity index (χ4v) is 6.61. The molecule has 3 aliphatic rings. The van der Waals surface area contributed by atoms with Gasteiger partial charge in [0.1, 0.15) is 12.2 Å². The molecular formula is C29H54O7. The van der Waals surface area contributed by atoms with Crippen LogP contribution in [0.1, 0.15) is 99.8 Å². The Bertz CT molecular complexity index is 658. The summed E-state index contributed by atoms with van der Waals surface area (Å²) in [4.78, 5) is 0. The van der Waals surface area contributed by atoms with E-state index < -0.39 is 36.3 Å². The van der Waals surface area contributed by atoms with Crippen LogP contribution in [0.25, 0.3) is 0 Å². The van der Waals surface area contributed by atoms with Gasteiger partial charge in [0.2, 0.25) is 0 Å². The molecule has 7 heteroatoms. The number of hydrogen-bond donors (Lipinski definition) is 3. The first-order valence-corrected chi connectivity index (χ1v) is 14.7. The summed E-state index contributed by atoms with van der Waals surface area (Å²) >= 11 is 0. The second-order valence-electron chi connectivity index (χ2n) is 12.3. The van der Waals surface area contributed by atoms with Crippen molar-refractivity contribution < 1.29 is 34.3 Å².